The maximum atomic E-state index is 13.3. The highest BCUT2D eigenvalue weighted by Crippen LogP contribution is 2.38. The van der Waals surface area contributed by atoms with Gasteiger partial charge in [0.2, 0.25) is 0 Å². The molecule has 2 N–H and O–H groups in total. The molecular formula is C30H26N2O4. The zero-order valence-corrected chi connectivity index (χ0v) is 19.8. The van der Waals surface area contributed by atoms with Gasteiger partial charge in [-0.15, -0.1) is 0 Å². The van der Waals surface area contributed by atoms with Gasteiger partial charge in [0.15, 0.2) is 11.5 Å². The van der Waals surface area contributed by atoms with E-state index < -0.39 is 23.5 Å². The third-order valence-corrected chi connectivity index (χ3v) is 6.51. The van der Waals surface area contributed by atoms with Gasteiger partial charge in [-0.3, -0.25) is 9.59 Å². The number of rotatable bonds is 8. The van der Waals surface area contributed by atoms with E-state index in [1.807, 2.05) is 85.1 Å². The molecule has 0 radical (unpaired) electrons. The topological polar surface area (TPSA) is 82.6 Å². The number of fused-ring (bicyclic) bond motifs is 1. The van der Waals surface area contributed by atoms with Crippen LogP contribution in [0.15, 0.2) is 102 Å². The van der Waals surface area contributed by atoms with Crippen molar-refractivity contribution in [2.24, 2.45) is 0 Å². The number of ketones is 1. The number of hydrogen-bond donors (Lipinski definition) is 2. The van der Waals surface area contributed by atoms with Crippen LogP contribution in [0.25, 0.3) is 17.0 Å². The quantitative estimate of drug-likeness (QED) is 0.332. The summed E-state index contributed by atoms with van der Waals surface area (Å²) in [7, 11) is 1.63. The summed E-state index contributed by atoms with van der Waals surface area (Å²) in [5, 5.41) is 11.8. The van der Waals surface area contributed by atoms with E-state index in [0.29, 0.717) is 13.0 Å². The number of aliphatic hydroxyl groups is 1. The van der Waals surface area contributed by atoms with Crippen molar-refractivity contribution in [1.82, 2.24) is 9.88 Å². The molecule has 0 aliphatic carbocycles. The van der Waals surface area contributed by atoms with Gasteiger partial charge in [0, 0.05) is 23.6 Å². The zero-order valence-electron chi connectivity index (χ0n) is 19.8. The average molecular weight is 479 g/mol. The number of ether oxygens (including phenoxy) is 1. The molecule has 180 valence electrons. The van der Waals surface area contributed by atoms with Gasteiger partial charge >= 0.3 is 0 Å². The number of carbonyl (C=O) groups is 2. The predicted octanol–water partition coefficient (Wildman–Crippen LogP) is 5.40. The molecule has 0 fully saturated rings. The van der Waals surface area contributed by atoms with Crippen LogP contribution in [0, 0.1) is 0 Å². The second kappa shape index (κ2) is 9.96. The van der Waals surface area contributed by atoms with Crippen molar-refractivity contribution >= 4 is 28.7 Å². The molecule has 3 aromatic carbocycles. The summed E-state index contributed by atoms with van der Waals surface area (Å²) >= 11 is 0. The summed E-state index contributed by atoms with van der Waals surface area (Å²) in [4.78, 5) is 31.3. The number of methoxy groups -OCH3 is 1. The third kappa shape index (κ3) is 4.41. The second-order valence-corrected chi connectivity index (χ2v) is 8.66. The van der Waals surface area contributed by atoms with Gasteiger partial charge in [-0.1, -0.05) is 66.7 Å². The maximum absolute atomic E-state index is 13.3. The average Bonchev–Trinajstić information content (AvgIpc) is 3.44. The first-order valence-electron chi connectivity index (χ1n) is 11.8. The Bertz CT molecular complexity index is 1470. The number of nitrogens with zero attached hydrogens (tertiary/aromatic N) is 1. The Balaban J connectivity index is 1.45. The van der Waals surface area contributed by atoms with E-state index in [4.69, 9.17) is 4.74 Å². The SMILES string of the molecule is COc1ccc2[nH]cc(CCN3C(=O)C(O)=C(C(=O)/C=C/c4ccccc4)[C@H]3c3ccccc3)c2c1. The first-order chi connectivity index (χ1) is 17.6. The monoisotopic (exact) mass is 478 g/mol. The lowest BCUT2D eigenvalue weighted by atomic mass is 9.95. The van der Waals surface area contributed by atoms with Crippen LogP contribution >= 0.6 is 0 Å². The van der Waals surface area contributed by atoms with Crippen molar-refractivity contribution in [3.05, 3.63) is 119 Å². The van der Waals surface area contributed by atoms with Crippen molar-refractivity contribution in [2.45, 2.75) is 12.5 Å². The molecule has 6 nitrogen and oxygen atoms in total. The van der Waals surface area contributed by atoms with Gasteiger partial charge < -0.3 is 19.7 Å². The molecule has 1 amide bonds. The Labute approximate surface area is 209 Å². The van der Waals surface area contributed by atoms with Crippen LogP contribution in [-0.2, 0) is 16.0 Å². The van der Waals surface area contributed by atoms with Gasteiger partial charge in [0.1, 0.15) is 5.75 Å². The van der Waals surface area contributed by atoms with E-state index in [1.54, 1.807) is 18.1 Å². The number of benzene rings is 3. The normalized spacial score (nSPS) is 15.9. The number of aromatic nitrogens is 1. The van der Waals surface area contributed by atoms with Gasteiger partial charge in [-0.2, -0.15) is 0 Å². The summed E-state index contributed by atoms with van der Waals surface area (Å²) in [5.41, 5.74) is 3.72. The van der Waals surface area contributed by atoms with E-state index in [0.717, 1.165) is 33.3 Å². The molecule has 0 unspecified atom stereocenters. The van der Waals surface area contributed by atoms with Gasteiger partial charge in [0.05, 0.1) is 18.7 Å². The highest BCUT2D eigenvalue weighted by molar-refractivity contribution is 6.14. The van der Waals surface area contributed by atoms with Crippen molar-refractivity contribution < 1.29 is 19.4 Å². The summed E-state index contributed by atoms with van der Waals surface area (Å²) in [5.74, 6) is -0.678. The van der Waals surface area contributed by atoms with E-state index in [-0.39, 0.29) is 5.57 Å². The molecule has 1 atom stereocenters. The number of hydrogen-bond acceptors (Lipinski definition) is 4. The van der Waals surface area contributed by atoms with E-state index in [9.17, 15) is 14.7 Å². The Kier molecular flexibility index (Phi) is 6.41. The molecule has 0 saturated carbocycles. The van der Waals surface area contributed by atoms with E-state index in [2.05, 4.69) is 4.98 Å². The summed E-state index contributed by atoms with van der Waals surface area (Å²) in [6.07, 6.45) is 5.57. The van der Waals surface area contributed by atoms with Crippen LogP contribution in [0.2, 0.25) is 0 Å². The van der Waals surface area contributed by atoms with E-state index >= 15 is 0 Å². The van der Waals surface area contributed by atoms with Crippen molar-refractivity contribution in [3.63, 3.8) is 0 Å². The zero-order chi connectivity index (χ0) is 25.1. The lowest BCUT2D eigenvalue weighted by Crippen LogP contribution is -2.32. The van der Waals surface area contributed by atoms with Crippen molar-refractivity contribution in [1.29, 1.82) is 0 Å². The van der Waals surface area contributed by atoms with Gasteiger partial charge in [-0.05, 0) is 47.4 Å². The summed E-state index contributed by atoms with van der Waals surface area (Å²) in [6.45, 7) is 0.325. The Morgan fingerprint density at radius 1 is 1.06 bits per heavy atom. The Morgan fingerprint density at radius 2 is 1.78 bits per heavy atom. The highest BCUT2D eigenvalue weighted by Gasteiger charge is 2.42. The van der Waals surface area contributed by atoms with Crippen LogP contribution in [-0.4, -0.2) is 40.3 Å². The van der Waals surface area contributed by atoms with Crippen molar-refractivity contribution in [2.75, 3.05) is 13.7 Å². The van der Waals surface area contributed by atoms with Gasteiger partial charge in [-0.25, -0.2) is 0 Å². The molecule has 1 aliphatic rings. The fourth-order valence-corrected chi connectivity index (χ4v) is 4.68. The van der Waals surface area contributed by atoms with Crippen LogP contribution in [0.5, 0.6) is 5.75 Å². The molecule has 0 spiro atoms. The van der Waals surface area contributed by atoms with Crippen LogP contribution < -0.4 is 4.74 Å². The number of carbonyl (C=O) groups excluding carboxylic acids is 2. The second-order valence-electron chi connectivity index (χ2n) is 8.66. The number of aromatic amines is 1. The van der Waals surface area contributed by atoms with Crippen molar-refractivity contribution in [3.8, 4) is 5.75 Å². The first-order valence-corrected chi connectivity index (χ1v) is 11.8. The first kappa shape index (κ1) is 23.2. The molecule has 1 aromatic heterocycles. The molecule has 5 rings (SSSR count). The molecule has 0 saturated heterocycles. The van der Waals surface area contributed by atoms with Crippen LogP contribution in [0.3, 0.4) is 0 Å². The summed E-state index contributed by atoms with van der Waals surface area (Å²) in [6, 6.07) is 23.9. The fourth-order valence-electron chi connectivity index (χ4n) is 4.68. The van der Waals surface area contributed by atoms with Crippen LogP contribution in [0.1, 0.15) is 22.7 Å². The standard InChI is InChI=1S/C30H26N2O4/c1-36-23-13-14-25-24(18-23)22(19-31-25)16-17-32-28(21-10-6-3-7-11-21)27(29(34)30(32)35)26(33)15-12-20-8-4-2-5-9-20/h2-15,18-19,28,31,34H,16-17H2,1H3/b15-12+/t28-/m1/s1. The molecule has 4 aromatic rings. The lowest BCUT2D eigenvalue weighted by molar-refractivity contribution is -0.129. The molecule has 0 bridgehead atoms. The minimum atomic E-state index is -0.675. The molecule has 6 heteroatoms. The number of H-pyrrole nitrogens is 1. The smallest absolute Gasteiger partial charge is 0.290 e. The lowest BCUT2D eigenvalue weighted by Gasteiger charge is -2.26. The Morgan fingerprint density at radius 3 is 2.50 bits per heavy atom. The fraction of sp³-hybridized carbons (Fsp3) is 0.133. The molecule has 2 heterocycles. The van der Waals surface area contributed by atoms with Crippen LogP contribution in [0.4, 0.5) is 0 Å². The minimum Gasteiger partial charge on any atom is -0.503 e. The predicted molar refractivity (Wildman–Crippen MR) is 140 cm³/mol. The number of nitrogens with one attached hydrogen (secondary N) is 1. The number of allylic oxidation sites excluding steroid dienone is 1. The molecular weight excluding hydrogens is 452 g/mol. The minimum absolute atomic E-state index is 0.0963. The number of amides is 1. The third-order valence-electron chi connectivity index (χ3n) is 6.51. The summed E-state index contributed by atoms with van der Waals surface area (Å²) < 4.78 is 5.36. The maximum Gasteiger partial charge on any atom is 0.290 e. The Hall–Kier alpha value is -4.58. The molecule has 1 aliphatic heterocycles. The molecule has 36 heavy (non-hydrogen) atoms. The largest absolute Gasteiger partial charge is 0.503 e. The van der Waals surface area contributed by atoms with E-state index in [1.165, 1.54) is 6.08 Å². The number of aliphatic hydroxyl groups excluding tert-OH is 1. The van der Waals surface area contributed by atoms with Gasteiger partial charge in [0.25, 0.3) is 5.91 Å². The highest BCUT2D eigenvalue weighted by atomic mass is 16.5.